The van der Waals surface area contributed by atoms with E-state index in [0.717, 1.165) is 5.56 Å². The number of hydrogen-bond acceptors (Lipinski definition) is 9. The molecule has 0 spiro atoms. The predicted molar refractivity (Wildman–Crippen MR) is 156 cm³/mol. The molecule has 8 nitrogen and oxygen atoms in total. The maximum Gasteiger partial charge on any atom is 0.356 e. The van der Waals surface area contributed by atoms with Crippen LogP contribution in [0, 0.1) is 11.8 Å². The molecule has 0 aliphatic rings. The van der Waals surface area contributed by atoms with E-state index in [2.05, 4.69) is 27.7 Å². The number of nitrogens with zero attached hydrogens (tertiary/aromatic N) is 2. The number of methoxy groups -OCH3 is 2. The second kappa shape index (κ2) is 13.0. The summed E-state index contributed by atoms with van der Waals surface area (Å²) in [5.74, 6) is 0.982. The van der Waals surface area contributed by atoms with Crippen molar-refractivity contribution in [2.75, 3.05) is 27.4 Å². The van der Waals surface area contributed by atoms with Gasteiger partial charge in [0.05, 0.1) is 43.4 Å². The normalized spacial score (nSPS) is 11.3. The first-order valence-corrected chi connectivity index (χ1v) is 14.1. The van der Waals surface area contributed by atoms with Crippen LogP contribution in [0.1, 0.15) is 54.2 Å². The second-order valence-corrected chi connectivity index (χ2v) is 11.2. The number of thioether (sulfide) groups is 1. The molecule has 2 heterocycles. The van der Waals surface area contributed by atoms with Crippen molar-refractivity contribution in [1.29, 1.82) is 0 Å². The van der Waals surface area contributed by atoms with Gasteiger partial charge in [-0.3, -0.25) is 0 Å². The summed E-state index contributed by atoms with van der Waals surface area (Å²) in [6.45, 7) is 9.10. The van der Waals surface area contributed by atoms with Crippen LogP contribution < -0.4 is 9.47 Å². The van der Waals surface area contributed by atoms with Crippen LogP contribution in [0.5, 0.6) is 11.5 Å². The molecule has 0 N–H and O–H groups in total. The molecule has 0 amide bonds. The quantitative estimate of drug-likeness (QED) is 0.112. The van der Waals surface area contributed by atoms with Gasteiger partial charge in [-0.05, 0) is 23.5 Å². The molecule has 0 saturated carbocycles. The minimum absolute atomic E-state index is 0.120. The van der Waals surface area contributed by atoms with Crippen LogP contribution >= 0.6 is 11.8 Å². The zero-order valence-electron chi connectivity index (χ0n) is 23.6. The topological polar surface area (TPSA) is 96.8 Å². The highest BCUT2D eigenvalue weighted by molar-refractivity contribution is 7.99. The van der Waals surface area contributed by atoms with E-state index < -0.39 is 11.9 Å². The van der Waals surface area contributed by atoms with Gasteiger partial charge in [0.25, 0.3) is 0 Å². The highest BCUT2D eigenvalue weighted by Crippen LogP contribution is 2.42. The zero-order valence-corrected chi connectivity index (χ0v) is 24.5. The lowest BCUT2D eigenvalue weighted by Crippen LogP contribution is -2.11. The minimum atomic E-state index is -0.576. The average molecular weight is 563 g/mol. The van der Waals surface area contributed by atoms with Gasteiger partial charge >= 0.3 is 11.9 Å². The van der Waals surface area contributed by atoms with E-state index in [-0.39, 0.29) is 23.2 Å². The van der Waals surface area contributed by atoms with Gasteiger partial charge in [-0.1, -0.05) is 58.0 Å². The molecule has 0 radical (unpaired) electrons. The lowest BCUT2D eigenvalue weighted by Gasteiger charge is -2.18. The Bertz CT molecular complexity index is 1430. The van der Waals surface area contributed by atoms with Crippen molar-refractivity contribution in [3.05, 3.63) is 65.5 Å². The summed E-state index contributed by atoms with van der Waals surface area (Å²) < 4.78 is 22.4. The number of aromatic nitrogens is 2. The third kappa shape index (κ3) is 6.65. The number of rotatable bonds is 11. The lowest BCUT2D eigenvalue weighted by atomic mass is 10.1. The number of carbonyl (C=O) groups excluding carboxylic acids is 2. The van der Waals surface area contributed by atoms with Crippen LogP contribution in [0.4, 0.5) is 0 Å². The van der Waals surface area contributed by atoms with Gasteiger partial charge < -0.3 is 18.9 Å². The Hall–Kier alpha value is -3.85. The van der Waals surface area contributed by atoms with E-state index in [4.69, 9.17) is 28.9 Å². The second-order valence-electron chi connectivity index (χ2n) is 10.2. The molecule has 4 aromatic rings. The highest BCUT2D eigenvalue weighted by Gasteiger charge is 2.23. The molecule has 0 saturated heterocycles. The molecule has 0 fully saturated rings. The summed E-state index contributed by atoms with van der Waals surface area (Å²) in [6.07, 6.45) is 0. The average Bonchev–Trinajstić information content (AvgIpc) is 2.96. The highest BCUT2D eigenvalue weighted by atomic mass is 32.2. The first-order chi connectivity index (χ1) is 19.2. The molecule has 4 rings (SSSR count). The van der Waals surface area contributed by atoms with Crippen LogP contribution in [0.2, 0.25) is 0 Å². The van der Waals surface area contributed by atoms with Crippen molar-refractivity contribution in [3.8, 4) is 11.5 Å². The SMILES string of the molecule is COC(=O)c1cc(OCC(C)C)c2cc3c(OCC(C)C)cc(C(=O)OC)nc3c(SCc3ccccc3)c2n1. The van der Waals surface area contributed by atoms with Gasteiger partial charge in [-0.15, -0.1) is 11.8 Å². The molecule has 2 aromatic heterocycles. The summed E-state index contributed by atoms with van der Waals surface area (Å²) in [5.41, 5.74) is 2.39. The fourth-order valence-electron chi connectivity index (χ4n) is 3.98. The summed E-state index contributed by atoms with van der Waals surface area (Å²) in [4.78, 5) is 35.4. The van der Waals surface area contributed by atoms with Crippen molar-refractivity contribution >= 4 is 45.5 Å². The molecule has 0 unspecified atom stereocenters. The molecule has 2 aromatic carbocycles. The maximum absolute atomic E-state index is 12.6. The predicted octanol–water partition coefficient (Wildman–Crippen LogP) is 6.72. The Morgan fingerprint density at radius 3 is 1.65 bits per heavy atom. The Balaban J connectivity index is 2.06. The van der Waals surface area contributed by atoms with E-state index in [0.29, 0.717) is 57.2 Å². The van der Waals surface area contributed by atoms with Gasteiger partial charge in [-0.25, -0.2) is 19.6 Å². The van der Waals surface area contributed by atoms with Crippen LogP contribution in [0.25, 0.3) is 21.8 Å². The summed E-state index contributed by atoms with van der Waals surface area (Å²) in [5, 5.41) is 1.41. The van der Waals surface area contributed by atoms with Crippen molar-refractivity contribution in [2.45, 2.75) is 38.3 Å². The fourth-order valence-corrected chi connectivity index (χ4v) is 5.07. The summed E-state index contributed by atoms with van der Waals surface area (Å²) in [6, 6.07) is 15.1. The molecule has 0 bridgehead atoms. The largest absolute Gasteiger partial charge is 0.493 e. The standard InChI is InChI=1S/C31H34N2O6S/c1-18(2)15-38-25-13-23(30(34)36-5)32-27-21(25)12-22-26(39-16-19(3)4)14-24(31(35)37-6)33-28(22)29(27)40-17-20-10-8-7-9-11-20/h7-14,18-19H,15-17H2,1-6H3. The number of hydrogen-bond donors (Lipinski definition) is 0. The number of pyridine rings is 2. The number of ether oxygens (including phenoxy) is 4. The van der Waals surface area contributed by atoms with E-state index in [1.54, 1.807) is 12.1 Å². The first kappa shape index (κ1) is 29.1. The molecule has 0 aliphatic carbocycles. The molecular weight excluding hydrogens is 528 g/mol. The lowest BCUT2D eigenvalue weighted by molar-refractivity contribution is 0.0585. The molecule has 40 heavy (non-hydrogen) atoms. The van der Waals surface area contributed by atoms with Gasteiger partial charge in [0.15, 0.2) is 11.4 Å². The Morgan fingerprint density at radius 2 is 1.23 bits per heavy atom. The molecule has 0 aliphatic heterocycles. The zero-order chi connectivity index (χ0) is 28.8. The van der Waals surface area contributed by atoms with Crippen molar-refractivity contribution in [2.24, 2.45) is 11.8 Å². The van der Waals surface area contributed by atoms with Crippen LogP contribution in [-0.2, 0) is 15.2 Å². The molecule has 0 atom stereocenters. The van der Waals surface area contributed by atoms with E-state index in [9.17, 15) is 9.59 Å². The summed E-state index contributed by atoms with van der Waals surface area (Å²) >= 11 is 1.51. The molecular formula is C31H34N2O6S. The minimum Gasteiger partial charge on any atom is -0.493 e. The van der Waals surface area contributed by atoms with Crippen molar-refractivity contribution in [1.82, 2.24) is 9.97 Å². The van der Waals surface area contributed by atoms with Gasteiger partial charge in [0.2, 0.25) is 0 Å². The van der Waals surface area contributed by atoms with Crippen molar-refractivity contribution < 1.29 is 28.5 Å². The monoisotopic (exact) mass is 562 g/mol. The smallest absolute Gasteiger partial charge is 0.356 e. The van der Waals surface area contributed by atoms with E-state index >= 15 is 0 Å². The Labute approximate surface area is 238 Å². The number of esters is 2. The number of benzene rings is 2. The van der Waals surface area contributed by atoms with Crippen LogP contribution in [-0.4, -0.2) is 49.3 Å². The van der Waals surface area contributed by atoms with E-state index in [1.807, 2.05) is 36.4 Å². The fraction of sp³-hybridized carbons (Fsp3) is 0.355. The summed E-state index contributed by atoms with van der Waals surface area (Å²) in [7, 11) is 2.63. The van der Waals surface area contributed by atoms with E-state index in [1.165, 1.54) is 26.0 Å². The number of fused-ring (bicyclic) bond motifs is 2. The van der Waals surface area contributed by atoms with Gasteiger partial charge in [0.1, 0.15) is 11.5 Å². The number of carbonyl (C=O) groups is 2. The van der Waals surface area contributed by atoms with Crippen molar-refractivity contribution in [3.63, 3.8) is 0 Å². The Morgan fingerprint density at radius 1 is 0.750 bits per heavy atom. The Kier molecular flexibility index (Phi) is 9.47. The first-order valence-electron chi connectivity index (χ1n) is 13.1. The van der Waals surface area contributed by atoms with Crippen LogP contribution in [0.15, 0.2) is 53.4 Å². The molecule has 9 heteroatoms. The maximum atomic E-state index is 12.6. The molecule has 210 valence electrons. The van der Waals surface area contributed by atoms with Crippen LogP contribution in [0.3, 0.4) is 0 Å². The van der Waals surface area contributed by atoms with Gasteiger partial charge in [0, 0.05) is 28.7 Å². The third-order valence-electron chi connectivity index (χ3n) is 5.92. The third-order valence-corrected chi connectivity index (χ3v) is 7.07. The van der Waals surface area contributed by atoms with Gasteiger partial charge in [-0.2, -0.15) is 0 Å².